The predicted octanol–water partition coefficient (Wildman–Crippen LogP) is 6.27. The molecule has 1 fully saturated rings. The summed E-state index contributed by atoms with van der Waals surface area (Å²) in [4.78, 5) is 56.7. The van der Waals surface area contributed by atoms with Crippen LogP contribution in [-0.4, -0.2) is 59.6 Å². The zero-order valence-electron chi connectivity index (χ0n) is 28.9. The first kappa shape index (κ1) is 35.1. The van der Waals surface area contributed by atoms with Crippen LogP contribution in [0.2, 0.25) is 23.7 Å². The Bertz CT molecular complexity index is 1970. The largest absolute Gasteiger partial charge is 0.432 e. The minimum atomic E-state index is -3.03. The van der Waals surface area contributed by atoms with Gasteiger partial charge in [-0.1, -0.05) is 73.1 Å². The van der Waals surface area contributed by atoms with Gasteiger partial charge in [-0.05, 0) is 78.7 Å². The molecule has 3 heterocycles. The monoisotopic (exact) mass is 723 g/mol. The highest BCUT2D eigenvalue weighted by Crippen LogP contribution is 2.60. The highest BCUT2D eigenvalue weighted by molar-refractivity contribution is 6.71. The van der Waals surface area contributed by atoms with Crippen LogP contribution in [0, 0.1) is 5.92 Å². The number of benzene rings is 4. The highest BCUT2D eigenvalue weighted by Gasteiger charge is 2.66. The second-order valence-electron chi connectivity index (χ2n) is 14.5. The van der Waals surface area contributed by atoms with E-state index >= 15 is 0 Å². The summed E-state index contributed by atoms with van der Waals surface area (Å²) >= 11 is 6.57. The molecule has 1 saturated heterocycles. The Morgan fingerprint density at radius 2 is 1.67 bits per heavy atom. The van der Waals surface area contributed by atoms with Crippen LogP contribution < -0.4 is 10.2 Å². The van der Waals surface area contributed by atoms with Gasteiger partial charge < -0.3 is 29.8 Å². The minimum Gasteiger partial charge on any atom is -0.432 e. The van der Waals surface area contributed by atoms with E-state index in [0.29, 0.717) is 40.5 Å². The highest BCUT2D eigenvalue weighted by atomic mass is 35.5. The fraction of sp³-hybridized carbons (Fsp3) is 0.325. The molecule has 4 aromatic rings. The van der Waals surface area contributed by atoms with Crippen molar-refractivity contribution in [3.8, 4) is 0 Å². The van der Waals surface area contributed by atoms with Gasteiger partial charge in [-0.2, -0.15) is 0 Å². The van der Waals surface area contributed by atoms with Crippen LogP contribution in [0.3, 0.4) is 0 Å². The van der Waals surface area contributed by atoms with Crippen molar-refractivity contribution < 1.29 is 29.0 Å². The Morgan fingerprint density at radius 1 is 0.980 bits per heavy atom. The molecule has 51 heavy (non-hydrogen) atoms. The number of fused-ring (bicyclic) bond motifs is 3. The summed E-state index contributed by atoms with van der Waals surface area (Å²) in [5.41, 5.74) is 3.55. The van der Waals surface area contributed by atoms with E-state index in [4.69, 9.17) is 16.3 Å². The molecule has 0 saturated carbocycles. The third kappa shape index (κ3) is 6.40. The van der Waals surface area contributed by atoms with E-state index in [9.17, 15) is 24.3 Å². The van der Waals surface area contributed by atoms with E-state index in [-0.39, 0.29) is 43.3 Å². The van der Waals surface area contributed by atoms with Crippen LogP contribution in [0.15, 0.2) is 97.1 Å². The third-order valence-corrected chi connectivity index (χ3v) is 13.5. The fourth-order valence-corrected chi connectivity index (χ4v) is 11.1. The molecule has 0 bridgehead atoms. The summed E-state index contributed by atoms with van der Waals surface area (Å²) in [5, 5.41) is 13.6. The Labute approximate surface area is 303 Å². The Hall–Kier alpha value is -4.32. The van der Waals surface area contributed by atoms with Gasteiger partial charge in [0.1, 0.15) is 0 Å². The van der Waals surface area contributed by atoms with Gasteiger partial charge in [0.2, 0.25) is 5.91 Å². The van der Waals surface area contributed by atoms with E-state index in [1.807, 2.05) is 80.7 Å². The van der Waals surface area contributed by atoms with Gasteiger partial charge in [-0.15, -0.1) is 0 Å². The lowest BCUT2D eigenvalue weighted by atomic mass is 9.82. The van der Waals surface area contributed by atoms with Crippen LogP contribution in [0.5, 0.6) is 0 Å². The van der Waals surface area contributed by atoms with Crippen molar-refractivity contribution >= 4 is 49.0 Å². The minimum absolute atomic E-state index is 0.0360. The summed E-state index contributed by atoms with van der Waals surface area (Å²) in [6.07, 6.45) is -0.224. The number of aliphatic hydroxyl groups excluding tert-OH is 1. The lowest BCUT2D eigenvalue weighted by Gasteiger charge is -2.37. The maximum absolute atomic E-state index is 14.8. The quantitative estimate of drug-likeness (QED) is 0.185. The molecule has 0 aromatic heterocycles. The molecule has 7 rings (SSSR count). The number of carbonyl (C=O) groups is 3. The number of amides is 3. The van der Waals surface area contributed by atoms with Crippen LogP contribution >= 0.6 is 11.6 Å². The Morgan fingerprint density at radius 3 is 2.35 bits per heavy atom. The van der Waals surface area contributed by atoms with E-state index < -0.39 is 31.5 Å². The number of nitrogens with zero attached hydrogens (tertiary/aromatic N) is 2. The van der Waals surface area contributed by atoms with Crippen molar-refractivity contribution in [3.05, 3.63) is 130 Å². The summed E-state index contributed by atoms with van der Waals surface area (Å²) in [5.74, 6) is -1.14. The second-order valence-corrected chi connectivity index (χ2v) is 18.9. The molecule has 264 valence electrons. The molecule has 3 N–H and O–H groups in total. The maximum Gasteiger partial charge on any atom is 0.264 e. The maximum atomic E-state index is 14.8. The number of hydrogen-bond donors (Lipinski definition) is 3. The van der Waals surface area contributed by atoms with Crippen LogP contribution in [0.1, 0.15) is 46.0 Å². The summed E-state index contributed by atoms with van der Waals surface area (Å²) in [7, 11) is -3.03. The number of nitrogens with one attached hydrogen (secondary N) is 1. The molecule has 3 amide bonds. The average Bonchev–Trinajstić information content (AvgIpc) is 3.54. The molecule has 4 aromatic carbocycles. The number of hydrogen-bond acceptors (Lipinski definition) is 6. The molecule has 0 radical (unpaired) electrons. The molecule has 3 aliphatic rings. The van der Waals surface area contributed by atoms with Gasteiger partial charge in [0.05, 0.1) is 37.4 Å². The molecule has 1 spiro atoms. The molecule has 0 unspecified atom stereocenters. The van der Waals surface area contributed by atoms with Crippen molar-refractivity contribution in [2.75, 3.05) is 16.8 Å². The van der Waals surface area contributed by atoms with Crippen molar-refractivity contribution in [1.29, 1.82) is 0 Å². The lowest BCUT2D eigenvalue weighted by molar-refractivity contribution is -0.151. The topological polar surface area (TPSA) is 119 Å². The van der Waals surface area contributed by atoms with Gasteiger partial charge in [0, 0.05) is 39.8 Å². The number of rotatable bonds is 8. The zero-order chi connectivity index (χ0) is 36.1. The van der Waals surface area contributed by atoms with Gasteiger partial charge in [-0.25, -0.2) is 0 Å². The van der Waals surface area contributed by atoms with Crippen molar-refractivity contribution in [2.24, 2.45) is 5.92 Å². The second kappa shape index (κ2) is 13.7. The fourth-order valence-electron chi connectivity index (χ4n) is 8.41. The standard InChI is InChI=1S/C40H42ClN3O6Si/c1-25-37(51(2,3)49)35(21-36(46)43-23-29-12-8-7-11-28(29)19-32(43)24-45)50-40(25)33-20-30(41)15-18-34(33)44(39(40)48)22-26-13-16-31(17-14-26)42-38(47)27-9-5-4-6-10-27/h4-18,20,25,32,35,37,45,49H,19,21-24H2,1-3H3,(H,42,47)/t25-,32+,35+,37-,40+/m1/s1. The van der Waals surface area contributed by atoms with Crippen molar-refractivity contribution in [3.63, 3.8) is 0 Å². The molecule has 0 aliphatic carbocycles. The van der Waals surface area contributed by atoms with Gasteiger partial charge in [0.25, 0.3) is 11.8 Å². The van der Waals surface area contributed by atoms with Crippen molar-refractivity contribution in [2.45, 2.75) is 69.2 Å². The smallest absolute Gasteiger partial charge is 0.264 e. The molecule has 11 heteroatoms. The summed E-state index contributed by atoms with van der Waals surface area (Å²) < 4.78 is 6.90. The zero-order valence-corrected chi connectivity index (χ0v) is 30.6. The van der Waals surface area contributed by atoms with Gasteiger partial charge >= 0.3 is 0 Å². The number of ether oxygens (including phenoxy) is 1. The lowest BCUT2D eigenvalue weighted by Crippen LogP contribution is -2.48. The number of anilines is 2. The molecule has 5 atom stereocenters. The first-order chi connectivity index (χ1) is 24.4. The van der Waals surface area contributed by atoms with Gasteiger partial charge in [-0.3, -0.25) is 14.4 Å². The third-order valence-electron chi connectivity index (χ3n) is 10.8. The molecule has 3 aliphatic heterocycles. The Balaban J connectivity index is 1.16. The van der Waals surface area contributed by atoms with Crippen LogP contribution in [0.4, 0.5) is 11.4 Å². The first-order valence-corrected chi connectivity index (χ1v) is 20.8. The van der Waals surface area contributed by atoms with Crippen LogP contribution in [0.25, 0.3) is 0 Å². The van der Waals surface area contributed by atoms with Crippen molar-refractivity contribution in [1.82, 2.24) is 4.90 Å². The Kier molecular flexibility index (Phi) is 9.40. The van der Waals surface area contributed by atoms with E-state index in [2.05, 4.69) is 5.32 Å². The van der Waals surface area contributed by atoms with E-state index in [0.717, 1.165) is 16.7 Å². The average molecular weight is 724 g/mol. The van der Waals surface area contributed by atoms with Gasteiger partial charge in [0.15, 0.2) is 13.9 Å². The van der Waals surface area contributed by atoms with Crippen LogP contribution in [-0.2, 0) is 39.4 Å². The SMILES string of the molecule is C[C@@H]1[C@@H]([Si](C)(C)O)[C@H](CC(=O)N2Cc3ccccc3C[C@H]2CO)O[C@@]12C(=O)N(Cc1ccc(NC(=O)c3ccccc3)cc1)c1ccc(Cl)cc12. The van der Waals surface area contributed by atoms with E-state index in [1.54, 1.807) is 46.2 Å². The first-order valence-electron chi connectivity index (χ1n) is 17.4. The summed E-state index contributed by atoms with van der Waals surface area (Å²) in [6, 6.07) is 29.2. The number of aliphatic hydroxyl groups is 1. The normalized spacial score (nSPS) is 24.1. The molecular formula is C40H42ClN3O6Si. The summed E-state index contributed by atoms with van der Waals surface area (Å²) in [6.45, 7) is 6.03. The molecular weight excluding hydrogens is 682 g/mol. The van der Waals surface area contributed by atoms with E-state index in [1.165, 1.54) is 0 Å². The molecule has 9 nitrogen and oxygen atoms in total. The predicted molar refractivity (Wildman–Crippen MR) is 199 cm³/mol. The number of halogens is 1. The number of carbonyl (C=O) groups excluding carboxylic acids is 3.